The highest BCUT2D eigenvalue weighted by Crippen LogP contribution is 2.32. The third-order valence-corrected chi connectivity index (χ3v) is 4.94. The molecule has 0 spiro atoms. The van der Waals surface area contributed by atoms with Gasteiger partial charge in [0.15, 0.2) is 0 Å². The van der Waals surface area contributed by atoms with Gasteiger partial charge in [-0.1, -0.05) is 59.6 Å². The van der Waals surface area contributed by atoms with Crippen LogP contribution in [0.5, 0.6) is 0 Å². The Bertz CT molecular complexity index is 1100. The van der Waals surface area contributed by atoms with E-state index in [9.17, 15) is 4.79 Å². The van der Waals surface area contributed by atoms with Gasteiger partial charge in [0.05, 0.1) is 28.4 Å². The number of amides is 1. The van der Waals surface area contributed by atoms with Crippen molar-refractivity contribution in [3.8, 4) is 0 Å². The quantitative estimate of drug-likeness (QED) is 0.475. The summed E-state index contributed by atoms with van der Waals surface area (Å²) in [5.74, 6) is -0.181. The van der Waals surface area contributed by atoms with Gasteiger partial charge < -0.3 is 9.73 Å². The first-order valence-electron chi connectivity index (χ1n) is 7.75. The van der Waals surface area contributed by atoms with Crippen LogP contribution in [-0.4, -0.2) is 5.91 Å². The van der Waals surface area contributed by atoms with Crippen molar-refractivity contribution in [2.45, 2.75) is 6.42 Å². The largest absolute Gasteiger partial charge is 0.464 e. The fourth-order valence-corrected chi connectivity index (χ4v) is 3.32. The molecule has 124 valence electrons. The number of halogens is 2. The lowest BCUT2D eigenvalue weighted by atomic mass is 10.0. The van der Waals surface area contributed by atoms with E-state index in [-0.39, 0.29) is 12.3 Å². The van der Waals surface area contributed by atoms with Crippen molar-refractivity contribution in [1.29, 1.82) is 0 Å². The number of benzene rings is 3. The highest BCUT2D eigenvalue weighted by Gasteiger charge is 2.14. The molecule has 0 unspecified atom stereocenters. The second-order valence-corrected chi connectivity index (χ2v) is 6.53. The fourth-order valence-electron chi connectivity index (χ4n) is 2.97. The van der Waals surface area contributed by atoms with E-state index in [1.807, 2.05) is 36.4 Å². The number of hydrogen-bond donors (Lipinski definition) is 1. The van der Waals surface area contributed by atoms with Gasteiger partial charge in [-0.25, -0.2) is 0 Å². The van der Waals surface area contributed by atoms with Crippen LogP contribution < -0.4 is 5.32 Å². The summed E-state index contributed by atoms with van der Waals surface area (Å²) >= 11 is 12.1. The Morgan fingerprint density at radius 1 is 1.00 bits per heavy atom. The molecule has 1 aromatic heterocycles. The summed E-state index contributed by atoms with van der Waals surface area (Å²) < 4.78 is 5.62. The number of fused-ring (bicyclic) bond motifs is 3. The molecule has 0 saturated heterocycles. The molecule has 3 nitrogen and oxygen atoms in total. The van der Waals surface area contributed by atoms with Crippen LogP contribution in [0.15, 0.2) is 65.3 Å². The minimum Gasteiger partial charge on any atom is -0.464 e. The number of hydrogen-bond acceptors (Lipinski definition) is 2. The van der Waals surface area contributed by atoms with Crippen LogP contribution in [-0.2, 0) is 11.2 Å². The topological polar surface area (TPSA) is 42.2 Å². The van der Waals surface area contributed by atoms with Crippen LogP contribution in [0.25, 0.3) is 21.7 Å². The maximum Gasteiger partial charge on any atom is 0.228 e. The zero-order valence-electron chi connectivity index (χ0n) is 13.1. The molecule has 3 aromatic carbocycles. The summed E-state index contributed by atoms with van der Waals surface area (Å²) in [6.07, 6.45) is 1.82. The summed E-state index contributed by atoms with van der Waals surface area (Å²) in [7, 11) is 0. The summed E-state index contributed by atoms with van der Waals surface area (Å²) in [5, 5.41) is 6.68. The molecule has 0 fully saturated rings. The minimum atomic E-state index is -0.181. The van der Waals surface area contributed by atoms with Gasteiger partial charge >= 0.3 is 0 Å². The smallest absolute Gasteiger partial charge is 0.228 e. The lowest BCUT2D eigenvalue weighted by Crippen LogP contribution is -2.14. The van der Waals surface area contributed by atoms with Gasteiger partial charge in [-0.15, -0.1) is 0 Å². The van der Waals surface area contributed by atoms with E-state index < -0.39 is 0 Å². The number of furan rings is 1. The van der Waals surface area contributed by atoms with Crippen molar-refractivity contribution in [1.82, 2.24) is 0 Å². The first kappa shape index (κ1) is 16.0. The summed E-state index contributed by atoms with van der Waals surface area (Å²) in [5.41, 5.74) is 2.10. The normalized spacial score (nSPS) is 11.1. The van der Waals surface area contributed by atoms with E-state index in [1.54, 1.807) is 24.5 Å². The summed E-state index contributed by atoms with van der Waals surface area (Å²) in [4.78, 5) is 12.5. The number of nitrogens with one attached hydrogen (secondary N) is 1. The molecule has 1 heterocycles. The maximum absolute atomic E-state index is 12.5. The van der Waals surface area contributed by atoms with Crippen molar-refractivity contribution in [2.75, 3.05) is 5.32 Å². The molecule has 0 bridgehead atoms. The molecule has 0 radical (unpaired) electrons. The predicted octanol–water partition coefficient (Wildman–Crippen LogP) is 6.07. The van der Waals surface area contributed by atoms with Gasteiger partial charge in [0.1, 0.15) is 5.58 Å². The molecular weight excluding hydrogens is 357 g/mol. The number of carbonyl (C=O) groups is 1. The Morgan fingerprint density at radius 2 is 1.84 bits per heavy atom. The number of rotatable bonds is 3. The van der Waals surface area contributed by atoms with E-state index in [1.165, 1.54) is 0 Å². The highest BCUT2D eigenvalue weighted by molar-refractivity contribution is 6.44. The maximum atomic E-state index is 12.5. The van der Waals surface area contributed by atoms with Crippen molar-refractivity contribution < 1.29 is 9.21 Å². The average Bonchev–Trinajstić information content (AvgIpc) is 3.02. The van der Waals surface area contributed by atoms with Gasteiger partial charge in [-0.05, 0) is 29.0 Å². The molecule has 4 rings (SSSR count). The first-order valence-corrected chi connectivity index (χ1v) is 8.51. The molecule has 0 atom stereocenters. The van der Waals surface area contributed by atoms with Crippen LogP contribution in [0, 0.1) is 0 Å². The molecule has 5 heteroatoms. The molecule has 4 aromatic rings. The van der Waals surface area contributed by atoms with Crippen molar-refractivity contribution in [2.24, 2.45) is 0 Å². The van der Waals surface area contributed by atoms with Crippen molar-refractivity contribution in [3.63, 3.8) is 0 Å². The monoisotopic (exact) mass is 369 g/mol. The van der Waals surface area contributed by atoms with E-state index in [0.29, 0.717) is 15.7 Å². The zero-order valence-corrected chi connectivity index (χ0v) is 14.6. The van der Waals surface area contributed by atoms with Crippen molar-refractivity contribution >= 4 is 56.5 Å². The second kappa shape index (κ2) is 6.43. The SMILES string of the molecule is O=C(Cc1coc2ccc3ccccc3c12)Nc1cccc(Cl)c1Cl. The van der Waals surface area contributed by atoms with Crippen molar-refractivity contribution in [3.05, 3.63) is 76.5 Å². The molecule has 1 N–H and O–H groups in total. The lowest BCUT2D eigenvalue weighted by Gasteiger charge is -2.08. The molecule has 0 aliphatic heterocycles. The second-order valence-electron chi connectivity index (χ2n) is 5.75. The van der Waals surface area contributed by atoms with E-state index in [0.717, 1.165) is 27.3 Å². The van der Waals surface area contributed by atoms with E-state index in [2.05, 4.69) is 5.32 Å². The molecule has 25 heavy (non-hydrogen) atoms. The van der Waals surface area contributed by atoms with Crippen LogP contribution in [0.3, 0.4) is 0 Å². The molecule has 1 amide bonds. The Hall–Kier alpha value is -2.49. The fraction of sp³-hybridized carbons (Fsp3) is 0.0500. The Morgan fingerprint density at radius 3 is 2.72 bits per heavy atom. The third kappa shape index (κ3) is 2.97. The van der Waals surface area contributed by atoms with Crippen LogP contribution in [0.1, 0.15) is 5.56 Å². The van der Waals surface area contributed by atoms with Gasteiger partial charge in [0.2, 0.25) is 5.91 Å². The van der Waals surface area contributed by atoms with Gasteiger partial charge in [-0.3, -0.25) is 4.79 Å². The minimum absolute atomic E-state index is 0.181. The molecule has 0 aliphatic carbocycles. The van der Waals surface area contributed by atoms with Crippen LogP contribution in [0.2, 0.25) is 10.0 Å². The Kier molecular flexibility index (Phi) is 4.12. The van der Waals surface area contributed by atoms with Crippen LogP contribution >= 0.6 is 23.2 Å². The third-order valence-electron chi connectivity index (χ3n) is 4.12. The number of carbonyl (C=O) groups excluding carboxylic acids is 1. The van der Waals surface area contributed by atoms with Crippen LogP contribution in [0.4, 0.5) is 5.69 Å². The first-order chi connectivity index (χ1) is 12.1. The molecule has 0 saturated carbocycles. The van der Waals surface area contributed by atoms with Gasteiger partial charge in [0, 0.05) is 10.9 Å². The lowest BCUT2D eigenvalue weighted by molar-refractivity contribution is -0.115. The van der Waals surface area contributed by atoms with E-state index in [4.69, 9.17) is 27.6 Å². The van der Waals surface area contributed by atoms with Gasteiger partial charge in [-0.2, -0.15) is 0 Å². The Balaban J connectivity index is 1.67. The standard InChI is InChI=1S/C20H13Cl2NO2/c21-15-6-3-7-16(20(15)22)23-18(24)10-13-11-25-17-9-8-12-4-1-2-5-14(12)19(13)17/h1-9,11H,10H2,(H,23,24). The van der Waals surface area contributed by atoms with E-state index >= 15 is 0 Å². The number of anilines is 1. The van der Waals surface area contributed by atoms with Gasteiger partial charge in [0.25, 0.3) is 0 Å². The average molecular weight is 370 g/mol. The molecule has 0 aliphatic rings. The zero-order chi connectivity index (χ0) is 17.4. The highest BCUT2D eigenvalue weighted by atomic mass is 35.5. The summed E-state index contributed by atoms with van der Waals surface area (Å²) in [6, 6.07) is 17.1. The predicted molar refractivity (Wildman–Crippen MR) is 103 cm³/mol. The summed E-state index contributed by atoms with van der Waals surface area (Å²) in [6.45, 7) is 0. The Labute approximate surface area is 154 Å². The molecular formula is C20H13Cl2NO2.